The minimum absolute atomic E-state index is 0.211. The van der Waals surface area contributed by atoms with E-state index in [0.29, 0.717) is 0 Å². The summed E-state index contributed by atoms with van der Waals surface area (Å²) in [7, 11) is 0. The van der Waals surface area contributed by atoms with Crippen LogP contribution in [0.1, 0.15) is 0 Å². The lowest BCUT2D eigenvalue weighted by atomic mass is 10.2. The molecule has 0 unspecified atom stereocenters. The molecule has 4 heteroatoms. The van der Waals surface area contributed by atoms with Crippen LogP contribution in [-0.4, -0.2) is 6.26 Å². The molecular formula is C9H6ClFS2. The van der Waals surface area contributed by atoms with Gasteiger partial charge in [0, 0.05) is 15.0 Å². The number of rotatable bonds is 1. The van der Waals surface area contributed by atoms with Crippen LogP contribution < -0.4 is 0 Å². The van der Waals surface area contributed by atoms with Crippen LogP contribution >= 0.6 is 34.7 Å². The molecule has 1 heterocycles. The van der Waals surface area contributed by atoms with Crippen LogP contribution in [-0.2, 0) is 0 Å². The largest absolute Gasteiger partial charge is 0.207 e. The van der Waals surface area contributed by atoms with Crippen molar-refractivity contribution < 1.29 is 4.39 Å². The van der Waals surface area contributed by atoms with Crippen molar-refractivity contribution >= 4 is 44.8 Å². The van der Waals surface area contributed by atoms with Crippen LogP contribution in [0.4, 0.5) is 4.39 Å². The number of halogens is 2. The molecule has 0 nitrogen and oxygen atoms in total. The summed E-state index contributed by atoms with van der Waals surface area (Å²) in [5.74, 6) is -0.211. The zero-order valence-electron chi connectivity index (χ0n) is 6.80. The van der Waals surface area contributed by atoms with Gasteiger partial charge in [-0.05, 0) is 24.5 Å². The molecule has 0 saturated heterocycles. The number of thioether (sulfide) groups is 1. The zero-order valence-corrected chi connectivity index (χ0v) is 9.19. The van der Waals surface area contributed by atoms with E-state index in [0.717, 1.165) is 19.3 Å². The number of hydrogen-bond donors (Lipinski definition) is 0. The van der Waals surface area contributed by atoms with Crippen LogP contribution in [0.25, 0.3) is 10.1 Å². The van der Waals surface area contributed by atoms with Crippen molar-refractivity contribution in [3.05, 3.63) is 28.4 Å². The van der Waals surface area contributed by atoms with E-state index >= 15 is 0 Å². The number of benzene rings is 1. The highest BCUT2D eigenvalue weighted by Crippen LogP contribution is 2.40. The molecular weight excluding hydrogens is 227 g/mol. The molecule has 0 atom stereocenters. The molecule has 2 rings (SSSR count). The maximum Gasteiger partial charge on any atom is 0.123 e. The van der Waals surface area contributed by atoms with E-state index in [1.807, 2.05) is 6.26 Å². The number of thiophene rings is 1. The standard InChI is InChI=1S/C9H6ClFS2/c1-12-8-6-4-5(11)2-3-7(6)13-9(8)10/h2-4H,1H3. The Morgan fingerprint density at radius 3 is 2.92 bits per heavy atom. The van der Waals surface area contributed by atoms with E-state index < -0.39 is 0 Å². The molecule has 0 fully saturated rings. The van der Waals surface area contributed by atoms with Gasteiger partial charge >= 0.3 is 0 Å². The molecule has 0 bridgehead atoms. The smallest absolute Gasteiger partial charge is 0.123 e. The first-order valence-corrected chi connectivity index (χ1v) is 6.06. The van der Waals surface area contributed by atoms with Crippen molar-refractivity contribution in [2.24, 2.45) is 0 Å². The van der Waals surface area contributed by atoms with E-state index in [1.54, 1.807) is 17.8 Å². The topological polar surface area (TPSA) is 0 Å². The van der Waals surface area contributed by atoms with Crippen LogP contribution in [0, 0.1) is 5.82 Å². The van der Waals surface area contributed by atoms with Crippen LogP contribution in [0.3, 0.4) is 0 Å². The molecule has 0 amide bonds. The van der Waals surface area contributed by atoms with Gasteiger partial charge in [0.1, 0.15) is 10.2 Å². The summed E-state index contributed by atoms with van der Waals surface area (Å²) in [6.45, 7) is 0. The maximum atomic E-state index is 12.9. The minimum atomic E-state index is -0.211. The van der Waals surface area contributed by atoms with Gasteiger partial charge in [-0.25, -0.2) is 4.39 Å². The second kappa shape index (κ2) is 3.48. The third kappa shape index (κ3) is 1.56. The quantitative estimate of drug-likeness (QED) is 0.656. The second-order valence-electron chi connectivity index (χ2n) is 2.55. The Hall–Kier alpha value is -0.250. The van der Waals surface area contributed by atoms with Crippen molar-refractivity contribution in [1.29, 1.82) is 0 Å². The Balaban J connectivity index is 2.80. The summed E-state index contributed by atoms with van der Waals surface area (Å²) in [4.78, 5) is 0.973. The van der Waals surface area contributed by atoms with E-state index in [2.05, 4.69) is 0 Å². The Kier molecular flexibility index (Phi) is 2.49. The Morgan fingerprint density at radius 1 is 1.46 bits per heavy atom. The lowest BCUT2D eigenvalue weighted by Gasteiger charge is -1.93. The summed E-state index contributed by atoms with van der Waals surface area (Å²) in [5, 5.41) is 0.919. The van der Waals surface area contributed by atoms with E-state index in [9.17, 15) is 4.39 Å². The molecule has 68 valence electrons. The molecule has 13 heavy (non-hydrogen) atoms. The lowest BCUT2D eigenvalue weighted by molar-refractivity contribution is 0.629. The molecule has 0 spiro atoms. The fraction of sp³-hybridized carbons (Fsp3) is 0.111. The molecule has 1 aromatic carbocycles. The Labute approximate surface area is 88.7 Å². The van der Waals surface area contributed by atoms with Crippen LogP contribution in [0.15, 0.2) is 23.1 Å². The highest BCUT2D eigenvalue weighted by atomic mass is 35.5. The first-order valence-electron chi connectivity index (χ1n) is 3.64. The monoisotopic (exact) mass is 232 g/mol. The third-order valence-corrected chi connectivity index (χ3v) is 4.22. The summed E-state index contributed by atoms with van der Waals surface area (Å²) in [6.07, 6.45) is 1.94. The van der Waals surface area contributed by atoms with Gasteiger partial charge in [0.15, 0.2) is 0 Å². The molecule has 0 aliphatic heterocycles. The predicted molar refractivity (Wildman–Crippen MR) is 58.6 cm³/mol. The highest BCUT2D eigenvalue weighted by molar-refractivity contribution is 7.99. The fourth-order valence-corrected chi connectivity index (χ4v) is 3.58. The molecule has 2 aromatic rings. The first-order chi connectivity index (χ1) is 6.22. The van der Waals surface area contributed by atoms with Gasteiger partial charge in [-0.2, -0.15) is 0 Å². The van der Waals surface area contributed by atoms with Crippen molar-refractivity contribution in [3.8, 4) is 0 Å². The van der Waals surface area contributed by atoms with E-state index in [1.165, 1.54) is 23.5 Å². The SMILES string of the molecule is CSc1c(Cl)sc2ccc(F)cc12. The zero-order chi connectivity index (χ0) is 9.42. The second-order valence-corrected chi connectivity index (χ2v) is 5.02. The van der Waals surface area contributed by atoms with Gasteiger partial charge in [-0.1, -0.05) is 11.6 Å². The van der Waals surface area contributed by atoms with Crippen molar-refractivity contribution in [2.45, 2.75) is 4.90 Å². The molecule has 0 aliphatic carbocycles. The van der Waals surface area contributed by atoms with E-state index in [-0.39, 0.29) is 5.82 Å². The maximum absolute atomic E-state index is 12.9. The fourth-order valence-electron chi connectivity index (χ4n) is 1.21. The van der Waals surface area contributed by atoms with Crippen LogP contribution in [0.5, 0.6) is 0 Å². The molecule has 1 aromatic heterocycles. The van der Waals surface area contributed by atoms with Gasteiger partial charge in [-0.15, -0.1) is 23.1 Å². The van der Waals surface area contributed by atoms with Gasteiger partial charge in [0.2, 0.25) is 0 Å². The van der Waals surface area contributed by atoms with Gasteiger partial charge in [0.25, 0.3) is 0 Å². The van der Waals surface area contributed by atoms with E-state index in [4.69, 9.17) is 11.6 Å². The summed E-state index contributed by atoms with van der Waals surface area (Å²) in [5.41, 5.74) is 0. The lowest BCUT2D eigenvalue weighted by Crippen LogP contribution is -1.72. The van der Waals surface area contributed by atoms with Gasteiger partial charge in [-0.3, -0.25) is 0 Å². The summed E-state index contributed by atoms with van der Waals surface area (Å²) in [6, 6.07) is 4.75. The molecule has 0 aliphatic rings. The first kappa shape index (κ1) is 9.31. The number of fused-ring (bicyclic) bond motifs is 1. The summed E-state index contributed by atoms with van der Waals surface area (Å²) < 4.78 is 14.7. The Morgan fingerprint density at radius 2 is 2.23 bits per heavy atom. The predicted octanol–water partition coefficient (Wildman–Crippen LogP) is 4.42. The van der Waals surface area contributed by atoms with Crippen molar-refractivity contribution in [1.82, 2.24) is 0 Å². The molecule has 0 N–H and O–H groups in total. The minimum Gasteiger partial charge on any atom is -0.207 e. The van der Waals surface area contributed by atoms with Crippen molar-refractivity contribution in [3.63, 3.8) is 0 Å². The average molecular weight is 233 g/mol. The van der Waals surface area contributed by atoms with Crippen LogP contribution in [0.2, 0.25) is 4.34 Å². The molecule has 0 saturated carbocycles. The Bertz CT molecular complexity index is 450. The van der Waals surface area contributed by atoms with Crippen molar-refractivity contribution in [2.75, 3.05) is 6.26 Å². The van der Waals surface area contributed by atoms with Gasteiger partial charge in [0.05, 0.1) is 0 Å². The highest BCUT2D eigenvalue weighted by Gasteiger charge is 2.09. The number of hydrogen-bond acceptors (Lipinski definition) is 2. The average Bonchev–Trinajstić information content (AvgIpc) is 2.40. The molecule has 0 radical (unpaired) electrons. The van der Waals surface area contributed by atoms with Gasteiger partial charge < -0.3 is 0 Å². The third-order valence-electron chi connectivity index (χ3n) is 1.77. The normalized spacial score (nSPS) is 11.0. The summed E-state index contributed by atoms with van der Waals surface area (Å²) >= 11 is 9.04.